The van der Waals surface area contributed by atoms with Crippen LogP contribution in [0.25, 0.3) is 0 Å². The lowest BCUT2D eigenvalue weighted by molar-refractivity contribution is 0.401. The van der Waals surface area contributed by atoms with Crippen LogP contribution in [0.2, 0.25) is 0 Å². The molecule has 21 heavy (non-hydrogen) atoms. The minimum absolute atomic E-state index is 0.0127. The zero-order valence-electron chi connectivity index (χ0n) is 11.5. The van der Waals surface area contributed by atoms with Gasteiger partial charge in [0.25, 0.3) is 10.0 Å². The van der Waals surface area contributed by atoms with E-state index in [0.717, 1.165) is 4.31 Å². The summed E-state index contributed by atoms with van der Waals surface area (Å²) in [5, 5.41) is 4.96. The van der Waals surface area contributed by atoms with Gasteiger partial charge in [0.05, 0.1) is 6.20 Å². The minimum Gasteiger partial charge on any atom is -0.326 e. The van der Waals surface area contributed by atoms with Gasteiger partial charge in [0.1, 0.15) is 5.37 Å². The molecule has 1 unspecified atom stereocenters. The van der Waals surface area contributed by atoms with E-state index in [9.17, 15) is 16.8 Å². The van der Waals surface area contributed by atoms with E-state index < -0.39 is 25.2 Å². The van der Waals surface area contributed by atoms with E-state index >= 15 is 0 Å². The number of nitrogens with zero attached hydrogens (tertiary/aromatic N) is 2. The standard InChI is InChI=1S/C10H18N4O4S3/c1-2-20(15,16)9-7-19-4-3-14(9)21(17,18)10-8(5-11)6-12-13-10/h6,9H,2-5,7,11H2,1H3,(H,12,13). The van der Waals surface area contributed by atoms with Gasteiger partial charge < -0.3 is 5.73 Å². The van der Waals surface area contributed by atoms with E-state index in [2.05, 4.69) is 10.2 Å². The van der Waals surface area contributed by atoms with Gasteiger partial charge in [-0.25, -0.2) is 16.8 Å². The number of hydrogen-bond donors (Lipinski definition) is 2. The Morgan fingerprint density at radius 1 is 1.48 bits per heavy atom. The number of aromatic amines is 1. The van der Waals surface area contributed by atoms with Crippen LogP contribution < -0.4 is 5.73 Å². The summed E-state index contributed by atoms with van der Waals surface area (Å²) >= 11 is 1.44. The van der Waals surface area contributed by atoms with Gasteiger partial charge in [-0.2, -0.15) is 21.2 Å². The number of thioether (sulfide) groups is 1. The van der Waals surface area contributed by atoms with Gasteiger partial charge >= 0.3 is 0 Å². The maximum absolute atomic E-state index is 12.7. The Bertz CT molecular complexity index is 698. The smallest absolute Gasteiger partial charge is 0.261 e. The van der Waals surface area contributed by atoms with E-state index in [-0.39, 0.29) is 29.6 Å². The molecule has 1 aromatic heterocycles. The first-order valence-corrected chi connectivity index (χ1v) is 10.7. The Balaban J connectivity index is 2.46. The molecule has 0 aliphatic carbocycles. The average molecular weight is 354 g/mol. The van der Waals surface area contributed by atoms with Crippen molar-refractivity contribution in [2.45, 2.75) is 23.9 Å². The fourth-order valence-electron chi connectivity index (χ4n) is 2.10. The molecular weight excluding hydrogens is 336 g/mol. The molecule has 1 atom stereocenters. The predicted molar refractivity (Wildman–Crippen MR) is 80.9 cm³/mol. The first-order valence-electron chi connectivity index (χ1n) is 6.38. The van der Waals surface area contributed by atoms with Gasteiger partial charge in [-0.1, -0.05) is 6.92 Å². The molecule has 0 aromatic carbocycles. The van der Waals surface area contributed by atoms with Crippen molar-refractivity contribution in [2.75, 3.05) is 23.8 Å². The number of hydrogen-bond acceptors (Lipinski definition) is 7. The molecule has 1 aromatic rings. The first-order chi connectivity index (χ1) is 9.84. The average Bonchev–Trinajstić information content (AvgIpc) is 2.96. The van der Waals surface area contributed by atoms with E-state index in [1.165, 1.54) is 24.9 Å². The van der Waals surface area contributed by atoms with Crippen molar-refractivity contribution in [3.8, 4) is 0 Å². The van der Waals surface area contributed by atoms with Gasteiger partial charge in [0.2, 0.25) is 0 Å². The first kappa shape index (κ1) is 16.7. The zero-order chi connectivity index (χ0) is 15.7. The monoisotopic (exact) mass is 354 g/mol. The third-order valence-corrected chi connectivity index (χ3v) is 8.67. The van der Waals surface area contributed by atoms with Crippen LogP contribution in [0.15, 0.2) is 11.2 Å². The van der Waals surface area contributed by atoms with Crippen LogP contribution in [0.1, 0.15) is 12.5 Å². The van der Waals surface area contributed by atoms with Crippen molar-refractivity contribution >= 4 is 31.6 Å². The Kier molecular flexibility index (Phi) is 4.98. The summed E-state index contributed by atoms with van der Waals surface area (Å²) in [5.41, 5.74) is 5.85. The quantitative estimate of drug-likeness (QED) is 0.720. The summed E-state index contributed by atoms with van der Waals surface area (Å²) in [6.07, 6.45) is 1.34. The lowest BCUT2D eigenvalue weighted by atomic mass is 10.4. The van der Waals surface area contributed by atoms with Gasteiger partial charge in [-0.15, -0.1) is 0 Å². The van der Waals surface area contributed by atoms with Crippen molar-refractivity contribution in [3.05, 3.63) is 11.8 Å². The highest BCUT2D eigenvalue weighted by atomic mass is 32.2. The fourth-order valence-corrected chi connectivity index (χ4v) is 7.47. The fraction of sp³-hybridized carbons (Fsp3) is 0.700. The highest BCUT2D eigenvalue weighted by Gasteiger charge is 2.41. The Morgan fingerprint density at radius 2 is 2.19 bits per heavy atom. The number of aromatic nitrogens is 2. The van der Waals surface area contributed by atoms with Crippen LogP contribution in [-0.2, 0) is 26.4 Å². The summed E-state index contributed by atoms with van der Waals surface area (Å²) in [4.78, 5) is 0. The maximum Gasteiger partial charge on any atom is 0.261 e. The minimum atomic E-state index is -3.96. The highest BCUT2D eigenvalue weighted by Crippen LogP contribution is 2.28. The van der Waals surface area contributed by atoms with Crippen LogP contribution in [-0.4, -0.2) is 60.5 Å². The second kappa shape index (κ2) is 6.24. The second-order valence-corrected chi connectivity index (χ2v) is 9.95. The Labute approximate surface area is 128 Å². The molecule has 2 heterocycles. The van der Waals surface area contributed by atoms with E-state index in [4.69, 9.17) is 5.73 Å². The third-order valence-electron chi connectivity index (χ3n) is 3.32. The third kappa shape index (κ3) is 3.11. The van der Waals surface area contributed by atoms with Gasteiger partial charge in [-0.3, -0.25) is 5.10 Å². The van der Waals surface area contributed by atoms with Crippen LogP contribution in [0.4, 0.5) is 0 Å². The van der Waals surface area contributed by atoms with Crippen molar-refractivity contribution in [1.29, 1.82) is 0 Å². The molecule has 8 nitrogen and oxygen atoms in total. The molecule has 0 radical (unpaired) electrons. The number of H-pyrrole nitrogens is 1. The molecule has 3 N–H and O–H groups in total. The molecule has 0 amide bonds. The Hall–Kier alpha value is -0.620. The van der Waals surface area contributed by atoms with Crippen molar-refractivity contribution < 1.29 is 16.8 Å². The number of nitrogens with two attached hydrogens (primary N) is 1. The van der Waals surface area contributed by atoms with Crippen molar-refractivity contribution in [2.24, 2.45) is 5.73 Å². The SMILES string of the molecule is CCS(=O)(=O)C1CSCCN1S(=O)(=O)c1[nH]ncc1CN. The lowest BCUT2D eigenvalue weighted by Gasteiger charge is -2.33. The summed E-state index contributed by atoms with van der Waals surface area (Å²) < 4.78 is 50.8. The van der Waals surface area contributed by atoms with E-state index in [1.807, 2.05) is 0 Å². The molecule has 1 fully saturated rings. The van der Waals surface area contributed by atoms with E-state index in [1.54, 1.807) is 0 Å². The highest BCUT2D eigenvalue weighted by molar-refractivity contribution is 8.01. The van der Waals surface area contributed by atoms with Gasteiger partial charge in [0.15, 0.2) is 14.9 Å². The van der Waals surface area contributed by atoms with Crippen molar-refractivity contribution in [1.82, 2.24) is 14.5 Å². The largest absolute Gasteiger partial charge is 0.326 e. The van der Waals surface area contributed by atoms with Crippen LogP contribution in [0.3, 0.4) is 0 Å². The van der Waals surface area contributed by atoms with Crippen LogP contribution in [0.5, 0.6) is 0 Å². The predicted octanol–water partition coefficient (Wildman–Crippen LogP) is -0.633. The number of sulfonamides is 1. The second-order valence-electron chi connectivity index (χ2n) is 4.53. The van der Waals surface area contributed by atoms with Gasteiger partial charge in [-0.05, 0) is 0 Å². The number of sulfone groups is 1. The molecule has 0 saturated carbocycles. The lowest BCUT2D eigenvalue weighted by Crippen LogP contribution is -2.50. The molecule has 1 aliphatic heterocycles. The summed E-state index contributed by atoms with van der Waals surface area (Å²) in [6.45, 7) is 1.68. The summed E-state index contributed by atoms with van der Waals surface area (Å²) in [5.74, 6) is 0.694. The van der Waals surface area contributed by atoms with Gasteiger partial charge in [0, 0.05) is 35.9 Å². The Morgan fingerprint density at radius 3 is 2.81 bits per heavy atom. The molecule has 0 bridgehead atoms. The molecule has 2 rings (SSSR count). The number of rotatable bonds is 5. The molecule has 1 saturated heterocycles. The summed E-state index contributed by atoms with van der Waals surface area (Å²) in [6, 6.07) is 0. The number of nitrogens with one attached hydrogen (secondary N) is 1. The molecule has 1 aliphatic rings. The van der Waals surface area contributed by atoms with Crippen LogP contribution >= 0.6 is 11.8 Å². The molecular formula is C10H18N4O4S3. The van der Waals surface area contributed by atoms with Crippen molar-refractivity contribution in [3.63, 3.8) is 0 Å². The van der Waals surface area contributed by atoms with E-state index in [0.29, 0.717) is 11.3 Å². The van der Waals surface area contributed by atoms with Crippen LogP contribution in [0, 0.1) is 0 Å². The maximum atomic E-state index is 12.7. The summed E-state index contributed by atoms with van der Waals surface area (Å²) in [7, 11) is -7.46. The molecule has 120 valence electrons. The topological polar surface area (TPSA) is 126 Å². The molecule has 11 heteroatoms. The zero-order valence-corrected chi connectivity index (χ0v) is 14.0. The normalized spacial score (nSPS) is 21.5. The molecule has 0 spiro atoms.